The van der Waals surface area contributed by atoms with Crippen LogP contribution in [-0.4, -0.2) is 46.5 Å². The first kappa shape index (κ1) is 20.5. The summed E-state index contributed by atoms with van der Waals surface area (Å²) in [5.41, 5.74) is 3.25. The quantitative estimate of drug-likeness (QED) is 0.690. The second-order valence-electron chi connectivity index (χ2n) is 7.78. The molecule has 0 aliphatic carbocycles. The molecule has 0 bridgehead atoms. The van der Waals surface area contributed by atoms with E-state index in [1.807, 2.05) is 27.0 Å². The standard InChI is InChI=1S/C21H25N5O3S/c1-14-4-6-18(7-5-14)30(28,29)26-10-8-16(9-11-26)21(27)23-17-12-19-15(2)24-25(3)20(19)22-13-17/h4-7,12-13,16H,8-11H2,1-3H3,(H,23,27). The van der Waals surface area contributed by atoms with Gasteiger partial charge in [0.05, 0.1) is 22.5 Å². The van der Waals surface area contributed by atoms with Crippen molar-refractivity contribution in [3.8, 4) is 0 Å². The Morgan fingerprint density at radius 2 is 1.80 bits per heavy atom. The molecule has 1 amide bonds. The lowest BCUT2D eigenvalue weighted by molar-refractivity contribution is -0.120. The minimum Gasteiger partial charge on any atom is -0.324 e. The van der Waals surface area contributed by atoms with E-state index in [1.54, 1.807) is 35.1 Å². The number of aryl methyl sites for hydroxylation is 3. The van der Waals surface area contributed by atoms with Crippen LogP contribution in [0.25, 0.3) is 11.0 Å². The molecule has 4 rings (SSSR count). The van der Waals surface area contributed by atoms with Gasteiger partial charge in [-0.2, -0.15) is 9.40 Å². The van der Waals surface area contributed by atoms with Crippen molar-refractivity contribution in [2.24, 2.45) is 13.0 Å². The van der Waals surface area contributed by atoms with Gasteiger partial charge in [-0.05, 0) is 44.9 Å². The number of fused-ring (bicyclic) bond motifs is 1. The number of aromatic nitrogens is 3. The number of anilines is 1. The molecule has 1 aliphatic heterocycles. The second-order valence-corrected chi connectivity index (χ2v) is 9.72. The van der Waals surface area contributed by atoms with Gasteiger partial charge < -0.3 is 5.32 Å². The molecule has 8 nitrogen and oxygen atoms in total. The summed E-state index contributed by atoms with van der Waals surface area (Å²) in [6, 6.07) is 8.73. The van der Waals surface area contributed by atoms with E-state index in [9.17, 15) is 13.2 Å². The minimum atomic E-state index is -3.53. The Morgan fingerprint density at radius 3 is 2.47 bits per heavy atom. The molecule has 0 spiro atoms. The first-order valence-corrected chi connectivity index (χ1v) is 11.4. The van der Waals surface area contributed by atoms with Crippen LogP contribution in [-0.2, 0) is 21.9 Å². The van der Waals surface area contributed by atoms with E-state index in [-0.39, 0.29) is 11.8 Å². The van der Waals surface area contributed by atoms with E-state index in [0.29, 0.717) is 36.5 Å². The number of sulfonamides is 1. The number of carbonyl (C=O) groups is 1. The summed E-state index contributed by atoms with van der Waals surface area (Å²) in [4.78, 5) is 17.4. The van der Waals surface area contributed by atoms with Gasteiger partial charge in [-0.25, -0.2) is 13.4 Å². The van der Waals surface area contributed by atoms with Gasteiger partial charge in [0.1, 0.15) is 0 Å². The molecule has 0 saturated carbocycles. The molecule has 1 aliphatic rings. The third-order valence-corrected chi connectivity index (χ3v) is 7.53. The Morgan fingerprint density at radius 1 is 1.13 bits per heavy atom. The number of hydrogen-bond acceptors (Lipinski definition) is 5. The predicted octanol–water partition coefficient (Wildman–Crippen LogP) is 2.62. The Balaban J connectivity index is 1.41. The van der Waals surface area contributed by atoms with Crippen LogP contribution in [0.15, 0.2) is 41.4 Å². The lowest BCUT2D eigenvalue weighted by Crippen LogP contribution is -2.41. The molecule has 1 aromatic carbocycles. The molecule has 2 aromatic heterocycles. The van der Waals surface area contributed by atoms with Crippen LogP contribution in [0, 0.1) is 19.8 Å². The van der Waals surface area contributed by atoms with Gasteiger partial charge in [0.2, 0.25) is 15.9 Å². The molecule has 3 aromatic rings. The number of hydrogen-bond donors (Lipinski definition) is 1. The molecule has 158 valence electrons. The van der Waals surface area contributed by atoms with Gasteiger partial charge in [0, 0.05) is 31.4 Å². The molecule has 1 fully saturated rings. The molecular weight excluding hydrogens is 402 g/mol. The van der Waals surface area contributed by atoms with Crippen molar-refractivity contribution in [2.75, 3.05) is 18.4 Å². The first-order chi connectivity index (χ1) is 14.3. The smallest absolute Gasteiger partial charge is 0.243 e. The number of benzene rings is 1. The normalized spacial score (nSPS) is 16.1. The number of piperidine rings is 1. The second kappa shape index (κ2) is 7.81. The summed E-state index contributed by atoms with van der Waals surface area (Å²) in [5, 5.41) is 8.16. The van der Waals surface area contributed by atoms with E-state index in [4.69, 9.17) is 0 Å². The van der Waals surface area contributed by atoms with Gasteiger partial charge in [-0.15, -0.1) is 0 Å². The van der Waals surface area contributed by atoms with Gasteiger partial charge in [0.25, 0.3) is 0 Å². The van der Waals surface area contributed by atoms with Crippen LogP contribution in [0.2, 0.25) is 0 Å². The van der Waals surface area contributed by atoms with Gasteiger partial charge in [0.15, 0.2) is 5.65 Å². The summed E-state index contributed by atoms with van der Waals surface area (Å²) < 4.78 is 28.8. The monoisotopic (exact) mass is 427 g/mol. The van der Waals surface area contributed by atoms with Crippen LogP contribution in [0.3, 0.4) is 0 Å². The zero-order valence-electron chi connectivity index (χ0n) is 17.3. The Hall–Kier alpha value is -2.78. The fourth-order valence-corrected chi connectivity index (χ4v) is 5.31. The zero-order chi connectivity index (χ0) is 21.5. The van der Waals surface area contributed by atoms with Gasteiger partial charge in [-0.1, -0.05) is 17.7 Å². The van der Waals surface area contributed by atoms with Crippen LogP contribution >= 0.6 is 0 Å². The number of amides is 1. The third kappa shape index (κ3) is 3.82. The maximum atomic E-state index is 12.8. The highest BCUT2D eigenvalue weighted by Crippen LogP contribution is 2.26. The average Bonchev–Trinajstić information content (AvgIpc) is 3.01. The van der Waals surface area contributed by atoms with Crippen molar-refractivity contribution in [3.63, 3.8) is 0 Å². The maximum Gasteiger partial charge on any atom is 0.243 e. The zero-order valence-corrected chi connectivity index (χ0v) is 18.1. The van der Waals surface area contributed by atoms with Crippen LogP contribution < -0.4 is 5.32 Å². The van der Waals surface area contributed by atoms with E-state index in [2.05, 4.69) is 15.4 Å². The highest BCUT2D eigenvalue weighted by molar-refractivity contribution is 7.89. The molecule has 0 radical (unpaired) electrons. The van der Waals surface area contributed by atoms with Gasteiger partial charge in [-0.3, -0.25) is 9.48 Å². The summed E-state index contributed by atoms with van der Waals surface area (Å²) in [5.74, 6) is -0.342. The summed E-state index contributed by atoms with van der Waals surface area (Å²) in [7, 11) is -1.70. The van der Waals surface area contributed by atoms with Crippen LogP contribution in [0.5, 0.6) is 0 Å². The van der Waals surface area contributed by atoms with Gasteiger partial charge >= 0.3 is 0 Å². The van der Waals surface area contributed by atoms with E-state index < -0.39 is 10.0 Å². The fraction of sp³-hybridized carbons (Fsp3) is 0.381. The SMILES string of the molecule is Cc1ccc(S(=O)(=O)N2CCC(C(=O)Nc3cnc4c(c3)c(C)nn4C)CC2)cc1. The van der Waals surface area contributed by atoms with E-state index >= 15 is 0 Å². The van der Waals surface area contributed by atoms with Crippen molar-refractivity contribution in [1.29, 1.82) is 0 Å². The Kier molecular flexibility index (Phi) is 5.33. The largest absolute Gasteiger partial charge is 0.324 e. The lowest BCUT2D eigenvalue weighted by atomic mass is 9.97. The van der Waals surface area contributed by atoms with E-state index in [1.165, 1.54) is 4.31 Å². The highest BCUT2D eigenvalue weighted by Gasteiger charge is 2.32. The molecule has 0 unspecified atom stereocenters. The summed E-state index contributed by atoms with van der Waals surface area (Å²) in [6.45, 7) is 4.48. The average molecular weight is 428 g/mol. The van der Waals surface area contributed by atoms with Crippen LogP contribution in [0.1, 0.15) is 24.1 Å². The molecule has 0 atom stereocenters. The fourth-order valence-electron chi connectivity index (χ4n) is 3.84. The number of nitrogens with one attached hydrogen (secondary N) is 1. The molecular formula is C21H25N5O3S. The first-order valence-electron chi connectivity index (χ1n) is 9.93. The summed E-state index contributed by atoms with van der Waals surface area (Å²) in [6.07, 6.45) is 2.59. The van der Waals surface area contributed by atoms with Crippen molar-refractivity contribution >= 4 is 32.7 Å². The molecule has 1 saturated heterocycles. The number of pyridine rings is 1. The third-order valence-electron chi connectivity index (χ3n) is 5.61. The molecule has 1 N–H and O–H groups in total. The van der Waals surface area contributed by atoms with E-state index in [0.717, 1.165) is 22.3 Å². The summed E-state index contributed by atoms with van der Waals surface area (Å²) >= 11 is 0. The molecule has 9 heteroatoms. The maximum absolute atomic E-state index is 12.8. The highest BCUT2D eigenvalue weighted by atomic mass is 32.2. The Labute approximate surface area is 176 Å². The topological polar surface area (TPSA) is 97.2 Å². The number of carbonyl (C=O) groups excluding carboxylic acids is 1. The van der Waals surface area contributed by atoms with Crippen molar-refractivity contribution in [2.45, 2.75) is 31.6 Å². The minimum absolute atomic E-state index is 0.106. The number of rotatable bonds is 4. The molecule has 3 heterocycles. The lowest BCUT2D eigenvalue weighted by Gasteiger charge is -2.30. The van der Waals surface area contributed by atoms with Crippen molar-refractivity contribution in [1.82, 2.24) is 19.1 Å². The van der Waals surface area contributed by atoms with Crippen molar-refractivity contribution < 1.29 is 13.2 Å². The molecule has 30 heavy (non-hydrogen) atoms. The van der Waals surface area contributed by atoms with Crippen molar-refractivity contribution in [3.05, 3.63) is 47.8 Å². The van der Waals surface area contributed by atoms with Crippen LogP contribution in [0.4, 0.5) is 5.69 Å². The number of nitrogens with zero attached hydrogens (tertiary/aromatic N) is 4. The Bertz CT molecular complexity index is 1190. The predicted molar refractivity (Wildman–Crippen MR) is 115 cm³/mol.